The molecule has 2 aromatic carbocycles. The van der Waals surface area contributed by atoms with Gasteiger partial charge in [-0.1, -0.05) is 76.7 Å². The van der Waals surface area contributed by atoms with Crippen LogP contribution in [0.5, 0.6) is 5.75 Å². The van der Waals surface area contributed by atoms with Crippen molar-refractivity contribution in [1.29, 1.82) is 0 Å². The first-order valence-corrected chi connectivity index (χ1v) is 8.46. The molecule has 0 saturated carbocycles. The van der Waals surface area contributed by atoms with E-state index in [4.69, 9.17) is 55.9 Å². The largest absolute Gasteiger partial charge is 0.474 e. The van der Waals surface area contributed by atoms with Crippen molar-refractivity contribution in [2.45, 2.75) is 26.1 Å². The van der Waals surface area contributed by atoms with Crippen molar-refractivity contribution in [3.05, 3.63) is 62.1 Å². The number of carbonyl (C=O) groups is 1. The lowest BCUT2D eigenvalue weighted by atomic mass is 10.1. The van der Waals surface area contributed by atoms with E-state index in [1.165, 1.54) is 6.07 Å². The van der Waals surface area contributed by atoms with E-state index in [0.717, 1.165) is 5.56 Å². The number of esters is 1. The summed E-state index contributed by atoms with van der Waals surface area (Å²) >= 11 is 24.0. The molecule has 2 rings (SSSR count). The summed E-state index contributed by atoms with van der Waals surface area (Å²) in [6.07, 6.45) is 0. The molecule has 0 unspecified atom stereocenters. The minimum Gasteiger partial charge on any atom is -0.474 e. The summed E-state index contributed by atoms with van der Waals surface area (Å²) < 4.78 is 11.0. The molecule has 7 heteroatoms. The molecule has 24 heavy (non-hydrogen) atoms. The molecule has 0 aromatic heterocycles. The molecule has 0 heterocycles. The van der Waals surface area contributed by atoms with Crippen LogP contribution >= 0.6 is 46.4 Å². The van der Waals surface area contributed by atoms with E-state index in [0.29, 0.717) is 0 Å². The lowest BCUT2D eigenvalue weighted by molar-refractivity contribution is -0.160. The predicted molar refractivity (Wildman–Crippen MR) is 97.4 cm³/mol. The second kappa shape index (κ2) is 7.83. The van der Waals surface area contributed by atoms with Crippen LogP contribution in [0, 0.1) is 0 Å². The van der Waals surface area contributed by atoms with Gasteiger partial charge in [-0.3, -0.25) is 0 Å². The zero-order valence-electron chi connectivity index (χ0n) is 12.9. The van der Waals surface area contributed by atoms with E-state index in [9.17, 15) is 4.79 Å². The topological polar surface area (TPSA) is 35.5 Å². The van der Waals surface area contributed by atoms with Crippen molar-refractivity contribution in [2.75, 3.05) is 0 Å². The lowest BCUT2D eigenvalue weighted by Crippen LogP contribution is -2.39. The van der Waals surface area contributed by atoms with Gasteiger partial charge in [0.05, 0.1) is 15.1 Å². The Kier molecular flexibility index (Phi) is 6.27. The lowest BCUT2D eigenvalue weighted by Gasteiger charge is -2.25. The second-order valence-electron chi connectivity index (χ2n) is 5.47. The maximum absolute atomic E-state index is 12.3. The van der Waals surface area contributed by atoms with Crippen LogP contribution in [0.3, 0.4) is 0 Å². The van der Waals surface area contributed by atoms with Crippen LogP contribution in [0.4, 0.5) is 0 Å². The summed E-state index contributed by atoms with van der Waals surface area (Å²) in [7, 11) is 0. The SMILES string of the molecule is CC(C)(Oc1cc(Cl)c(Cl)c(Cl)c1Cl)C(=O)OCc1ccccc1. The number of benzene rings is 2. The van der Waals surface area contributed by atoms with Crippen molar-refractivity contribution in [3.63, 3.8) is 0 Å². The van der Waals surface area contributed by atoms with Crippen molar-refractivity contribution >= 4 is 52.4 Å². The van der Waals surface area contributed by atoms with Gasteiger partial charge in [0.25, 0.3) is 0 Å². The second-order valence-corrected chi connectivity index (χ2v) is 7.01. The first-order valence-electron chi connectivity index (χ1n) is 6.95. The Bertz CT molecular complexity index is 745. The molecule has 0 aliphatic heterocycles. The van der Waals surface area contributed by atoms with Gasteiger partial charge in [-0.15, -0.1) is 0 Å². The maximum Gasteiger partial charge on any atom is 0.350 e. The Balaban J connectivity index is 2.11. The molecule has 0 aliphatic carbocycles. The fraction of sp³-hybridized carbons (Fsp3) is 0.235. The predicted octanol–water partition coefficient (Wildman–Crippen LogP) is 6.20. The highest BCUT2D eigenvalue weighted by atomic mass is 35.5. The quantitative estimate of drug-likeness (QED) is 0.336. The smallest absolute Gasteiger partial charge is 0.350 e. The fourth-order valence-electron chi connectivity index (χ4n) is 1.84. The van der Waals surface area contributed by atoms with Crippen LogP contribution in [-0.4, -0.2) is 11.6 Å². The number of hydrogen-bond donors (Lipinski definition) is 0. The molecule has 0 aliphatic rings. The summed E-state index contributed by atoms with van der Waals surface area (Å²) in [5.74, 6) is -0.401. The van der Waals surface area contributed by atoms with Crippen molar-refractivity contribution in [2.24, 2.45) is 0 Å². The Hall–Kier alpha value is -1.13. The van der Waals surface area contributed by atoms with Gasteiger partial charge in [0, 0.05) is 6.07 Å². The molecule has 0 atom stereocenters. The van der Waals surface area contributed by atoms with Gasteiger partial charge in [-0.25, -0.2) is 4.79 Å². The third-order valence-corrected chi connectivity index (χ3v) is 4.87. The molecule has 3 nitrogen and oxygen atoms in total. The first-order chi connectivity index (χ1) is 11.2. The number of rotatable bonds is 5. The Morgan fingerprint density at radius 2 is 1.62 bits per heavy atom. The average molecular weight is 408 g/mol. The summed E-state index contributed by atoms with van der Waals surface area (Å²) in [6.45, 7) is 3.27. The van der Waals surface area contributed by atoms with Crippen LogP contribution in [0.1, 0.15) is 19.4 Å². The minimum absolute atomic E-state index is 0.0642. The van der Waals surface area contributed by atoms with E-state index < -0.39 is 11.6 Å². The Labute approximate surface area is 160 Å². The number of carbonyl (C=O) groups excluding carboxylic acids is 1. The highest BCUT2D eigenvalue weighted by Crippen LogP contribution is 2.43. The normalized spacial score (nSPS) is 11.2. The van der Waals surface area contributed by atoms with Gasteiger partial charge in [-0.2, -0.15) is 0 Å². The number of ether oxygens (including phenoxy) is 2. The molecular formula is C17H14Cl4O3. The van der Waals surface area contributed by atoms with Gasteiger partial charge in [0.1, 0.15) is 17.4 Å². The molecule has 0 amide bonds. The van der Waals surface area contributed by atoms with Gasteiger partial charge < -0.3 is 9.47 Å². The summed E-state index contributed by atoms with van der Waals surface area (Å²) in [5.41, 5.74) is -0.420. The molecule has 0 bridgehead atoms. The van der Waals surface area contributed by atoms with E-state index in [2.05, 4.69) is 0 Å². The van der Waals surface area contributed by atoms with Gasteiger partial charge in [-0.05, 0) is 19.4 Å². The van der Waals surface area contributed by atoms with Crippen molar-refractivity contribution in [3.8, 4) is 5.75 Å². The number of hydrogen-bond acceptors (Lipinski definition) is 3. The zero-order chi connectivity index (χ0) is 17.9. The highest BCUT2D eigenvalue weighted by molar-refractivity contribution is 6.52. The zero-order valence-corrected chi connectivity index (χ0v) is 15.9. The van der Waals surface area contributed by atoms with E-state index >= 15 is 0 Å². The molecule has 128 valence electrons. The third kappa shape index (κ3) is 4.48. The fourth-order valence-corrected chi connectivity index (χ4v) is 2.66. The van der Waals surface area contributed by atoms with Crippen LogP contribution in [-0.2, 0) is 16.1 Å². The number of halogens is 4. The van der Waals surface area contributed by atoms with Crippen LogP contribution < -0.4 is 4.74 Å². The van der Waals surface area contributed by atoms with E-state index in [-0.39, 0.29) is 32.4 Å². The first kappa shape index (κ1) is 19.2. The summed E-state index contributed by atoms with van der Waals surface area (Å²) in [6, 6.07) is 10.7. The van der Waals surface area contributed by atoms with Crippen LogP contribution in [0.25, 0.3) is 0 Å². The van der Waals surface area contributed by atoms with Crippen LogP contribution in [0.15, 0.2) is 36.4 Å². The van der Waals surface area contributed by atoms with Gasteiger partial charge >= 0.3 is 5.97 Å². The highest BCUT2D eigenvalue weighted by Gasteiger charge is 2.33. The molecule has 2 aromatic rings. The van der Waals surface area contributed by atoms with E-state index in [1.807, 2.05) is 30.3 Å². The van der Waals surface area contributed by atoms with E-state index in [1.54, 1.807) is 13.8 Å². The molecule has 0 radical (unpaired) electrons. The molecule has 0 saturated heterocycles. The molecule has 0 N–H and O–H groups in total. The molecule has 0 fully saturated rings. The molecular weight excluding hydrogens is 394 g/mol. The Morgan fingerprint density at radius 1 is 1.00 bits per heavy atom. The monoisotopic (exact) mass is 406 g/mol. The summed E-state index contributed by atoms with van der Waals surface area (Å²) in [5, 5.41) is 0.443. The van der Waals surface area contributed by atoms with Crippen LogP contribution in [0.2, 0.25) is 20.1 Å². The molecule has 0 spiro atoms. The standard InChI is InChI=1S/C17H14Cl4O3/c1-17(2,16(22)23-9-10-6-4-3-5-7-10)24-12-8-11(18)13(19)15(21)14(12)20/h3-8H,9H2,1-2H3. The van der Waals surface area contributed by atoms with Crippen molar-refractivity contribution in [1.82, 2.24) is 0 Å². The Morgan fingerprint density at radius 3 is 2.25 bits per heavy atom. The average Bonchev–Trinajstić information content (AvgIpc) is 2.56. The van der Waals surface area contributed by atoms with Gasteiger partial charge in [0.15, 0.2) is 5.60 Å². The van der Waals surface area contributed by atoms with Crippen molar-refractivity contribution < 1.29 is 14.3 Å². The minimum atomic E-state index is -1.29. The maximum atomic E-state index is 12.3. The summed E-state index contributed by atoms with van der Waals surface area (Å²) in [4.78, 5) is 12.3. The van der Waals surface area contributed by atoms with Gasteiger partial charge in [0.2, 0.25) is 0 Å². The third-order valence-electron chi connectivity index (χ3n) is 3.14.